The summed E-state index contributed by atoms with van der Waals surface area (Å²) in [6, 6.07) is 0. The van der Waals surface area contributed by atoms with E-state index in [0.29, 0.717) is 6.61 Å². The van der Waals surface area contributed by atoms with Crippen LogP contribution in [0.1, 0.15) is 26.7 Å². The molecular weight excluding hydrogens is 222 g/mol. The quantitative estimate of drug-likeness (QED) is 0.228. The van der Waals surface area contributed by atoms with Crippen molar-refractivity contribution < 1.29 is 19.4 Å². The number of hydrogen-bond donors (Lipinski definition) is 2. The molecule has 5 heteroatoms. The number of amides is 1. The summed E-state index contributed by atoms with van der Waals surface area (Å²) in [5.41, 5.74) is -0.202. The molecule has 17 heavy (non-hydrogen) atoms. The average Bonchev–Trinajstić information content (AvgIpc) is 2.26. The summed E-state index contributed by atoms with van der Waals surface area (Å²) in [5, 5.41) is 11.1. The molecule has 0 bridgehead atoms. The number of aliphatic hydroxyl groups is 1. The maximum atomic E-state index is 11.4. The number of nitrogens with one attached hydrogen (secondary N) is 1. The summed E-state index contributed by atoms with van der Waals surface area (Å²) >= 11 is 0. The Kier molecular flexibility index (Phi) is 6.89. The standard InChI is InChI=1S/C12H19NO4/c1-5-6-7-17-12(16)9(3)8(2)11(15)13-10(4)14/h10,14H,2-3,5-7H2,1,4H3,(H,13,15). The molecule has 0 radical (unpaired) electrons. The second kappa shape index (κ2) is 7.62. The van der Waals surface area contributed by atoms with Crippen LogP contribution in [-0.4, -0.2) is 29.8 Å². The summed E-state index contributed by atoms with van der Waals surface area (Å²) in [5.74, 6) is -1.30. The predicted octanol–water partition coefficient (Wildman–Crippen LogP) is 0.897. The zero-order valence-corrected chi connectivity index (χ0v) is 10.3. The zero-order valence-electron chi connectivity index (χ0n) is 10.3. The van der Waals surface area contributed by atoms with E-state index < -0.39 is 18.1 Å². The van der Waals surface area contributed by atoms with Gasteiger partial charge in [-0.2, -0.15) is 0 Å². The van der Waals surface area contributed by atoms with E-state index in [1.807, 2.05) is 6.92 Å². The molecule has 0 rings (SSSR count). The van der Waals surface area contributed by atoms with Gasteiger partial charge in [-0.3, -0.25) is 4.79 Å². The Hall–Kier alpha value is -1.62. The van der Waals surface area contributed by atoms with Crippen molar-refractivity contribution in [3.63, 3.8) is 0 Å². The average molecular weight is 241 g/mol. The van der Waals surface area contributed by atoms with E-state index in [2.05, 4.69) is 18.5 Å². The highest BCUT2D eigenvalue weighted by Gasteiger charge is 2.18. The maximum Gasteiger partial charge on any atom is 0.338 e. The van der Waals surface area contributed by atoms with Gasteiger partial charge in [-0.15, -0.1) is 0 Å². The van der Waals surface area contributed by atoms with Crippen molar-refractivity contribution in [1.29, 1.82) is 0 Å². The van der Waals surface area contributed by atoms with E-state index in [0.717, 1.165) is 12.8 Å². The molecule has 1 unspecified atom stereocenters. The van der Waals surface area contributed by atoms with Crippen LogP contribution in [0.25, 0.3) is 0 Å². The molecular formula is C12H19NO4. The molecule has 0 saturated heterocycles. The van der Waals surface area contributed by atoms with E-state index in [-0.39, 0.29) is 11.1 Å². The lowest BCUT2D eigenvalue weighted by Crippen LogP contribution is -2.34. The number of hydrogen-bond acceptors (Lipinski definition) is 4. The Morgan fingerprint density at radius 3 is 2.41 bits per heavy atom. The third-order valence-corrected chi connectivity index (χ3v) is 1.96. The monoisotopic (exact) mass is 241 g/mol. The summed E-state index contributed by atoms with van der Waals surface area (Å²) in [4.78, 5) is 22.8. The molecule has 0 fully saturated rings. The topological polar surface area (TPSA) is 75.6 Å². The second-order valence-electron chi connectivity index (χ2n) is 3.60. The van der Waals surface area contributed by atoms with E-state index in [9.17, 15) is 9.59 Å². The lowest BCUT2D eigenvalue weighted by atomic mass is 10.1. The molecule has 96 valence electrons. The number of aliphatic hydroxyl groups excluding tert-OH is 1. The van der Waals surface area contributed by atoms with Crippen LogP contribution in [0.2, 0.25) is 0 Å². The van der Waals surface area contributed by atoms with Crippen LogP contribution in [-0.2, 0) is 14.3 Å². The summed E-state index contributed by atoms with van der Waals surface area (Å²) in [6.07, 6.45) is 0.650. The molecule has 0 spiro atoms. The van der Waals surface area contributed by atoms with E-state index >= 15 is 0 Å². The van der Waals surface area contributed by atoms with Gasteiger partial charge < -0.3 is 15.2 Å². The lowest BCUT2D eigenvalue weighted by Gasteiger charge is -2.11. The maximum absolute atomic E-state index is 11.4. The lowest BCUT2D eigenvalue weighted by molar-refractivity contribution is -0.139. The van der Waals surface area contributed by atoms with Gasteiger partial charge >= 0.3 is 5.97 Å². The van der Waals surface area contributed by atoms with Gasteiger partial charge in [0.05, 0.1) is 12.2 Å². The van der Waals surface area contributed by atoms with Crippen molar-refractivity contribution in [3.05, 3.63) is 24.3 Å². The molecule has 5 nitrogen and oxygen atoms in total. The van der Waals surface area contributed by atoms with Crippen LogP contribution in [0.4, 0.5) is 0 Å². The van der Waals surface area contributed by atoms with Crippen LogP contribution in [0.3, 0.4) is 0 Å². The second-order valence-corrected chi connectivity index (χ2v) is 3.60. The molecule has 0 aromatic carbocycles. The number of esters is 1. The molecule has 1 amide bonds. The van der Waals surface area contributed by atoms with Crippen LogP contribution < -0.4 is 5.32 Å². The van der Waals surface area contributed by atoms with E-state index in [4.69, 9.17) is 9.84 Å². The highest BCUT2D eigenvalue weighted by Crippen LogP contribution is 2.08. The van der Waals surface area contributed by atoms with Crippen molar-refractivity contribution in [3.8, 4) is 0 Å². The zero-order chi connectivity index (χ0) is 13.4. The number of rotatable bonds is 7. The number of carbonyl (C=O) groups is 2. The van der Waals surface area contributed by atoms with Gasteiger partial charge in [0.2, 0.25) is 0 Å². The number of ether oxygens (including phenoxy) is 1. The SMILES string of the molecule is C=C(C(=C)C(=O)OCCCC)C(=O)NC(C)O. The molecule has 0 aromatic rings. The van der Waals surface area contributed by atoms with Gasteiger partial charge in [0.25, 0.3) is 5.91 Å². The molecule has 0 aliphatic heterocycles. The number of carbonyl (C=O) groups excluding carboxylic acids is 2. The normalized spacial score (nSPS) is 11.5. The fourth-order valence-corrected chi connectivity index (χ4v) is 0.933. The third kappa shape index (κ3) is 5.87. The third-order valence-electron chi connectivity index (χ3n) is 1.96. The first kappa shape index (κ1) is 15.4. The van der Waals surface area contributed by atoms with Crippen LogP contribution in [0.15, 0.2) is 24.3 Å². The Bertz CT molecular complexity index is 320. The molecule has 2 N–H and O–H groups in total. The van der Waals surface area contributed by atoms with Crippen molar-refractivity contribution in [1.82, 2.24) is 5.32 Å². The van der Waals surface area contributed by atoms with Gasteiger partial charge in [-0.25, -0.2) is 4.79 Å². The van der Waals surface area contributed by atoms with Crippen LogP contribution >= 0.6 is 0 Å². The Morgan fingerprint density at radius 1 is 1.35 bits per heavy atom. The fraction of sp³-hybridized carbons (Fsp3) is 0.500. The van der Waals surface area contributed by atoms with Crippen molar-refractivity contribution in [2.24, 2.45) is 0 Å². The van der Waals surface area contributed by atoms with Crippen LogP contribution in [0.5, 0.6) is 0 Å². The molecule has 1 atom stereocenters. The highest BCUT2D eigenvalue weighted by atomic mass is 16.5. The summed E-state index contributed by atoms with van der Waals surface area (Å²) in [6.45, 7) is 10.5. The first-order valence-corrected chi connectivity index (χ1v) is 5.44. The molecule has 0 heterocycles. The minimum atomic E-state index is -1.01. The van der Waals surface area contributed by atoms with Crippen LogP contribution in [0, 0.1) is 0 Å². The fourth-order valence-electron chi connectivity index (χ4n) is 0.933. The highest BCUT2D eigenvalue weighted by molar-refractivity contribution is 6.08. The van der Waals surface area contributed by atoms with E-state index in [1.165, 1.54) is 6.92 Å². The van der Waals surface area contributed by atoms with Gasteiger partial charge in [0, 0.05) is 5.57 Å². The minimum absolute atomic E-state index is 0.0979. The number of unbranched alkanes of at least 4 members (excludes halogenated alkanes) is 1. The van der Waals surface area contributed by atoms with Gasteiger partial charge in [0.1, 0.15) is 6.23 Å². The van der Waals surface area contributed by atoms with Gasteiger partial charge in [0.15, 0.2) is 0 Å². The Labute approximate surface area is 101 Å². The van der Waals surface area contributed by atoms with Crippen molar-refractivity contribution in [2.75, 3.05) is 6.61 Å². The summed E-state index contributed by atoms with van der Waals surface area (Å²) < 4.78 is 4.88. The van der Waals surface area contributed by atoms with Gasteiger partial charge in [-0.1, -0.05) is 26.5 Å². The first-order chi connectivity index (χ1) is 7.90. The predicted molar refractivity (Wildman–Crippen MR) is 64.0 cm³/mol. The Balaban J connectivity index is 4.25. The van der Waals surface area contributed by atoms with Gasteiger partial charge in [-0.05, 0) is 13.3 Å². The Morgan fingerprint density at radius 2 is 1.94 bits per heavy atom. The molecule has 0 aliphatic carbocycles. The van der Waals surface area contributed by atoms with Crippen molar-refractivity contribution >= 4 is 11.9 Å². The van der Waals surface area contributed by atoms with E-state index in [1.54, 1.807) is 0 Å². The smallest absolute Gasteiger partial charge is 0.338 e. The van der Waals surface area contributed by atoms with Crippen molar-refractivity contribution in [2.45, 2.75) is 32.9 Å². The largest absolute Gasteiger partial charge is 0.462 e. The first-order valence-electron chi connectivity index (χ1n) is 5.44. The molecule has 0 aliphatic rings. The molecule has 0 aromatic heterocycles. The minimum Gasteiger partial charge on any atom is -0.462 e. The summed E-state index contributed by atoms with van der Waals surface area (Å²) in [7, 11) is 0. The molecule has 0 saturated carbocycles.